The fourth-order valence-corrected chi connectivity index (χ4v) is 4.52. The molecule has 0 saturated carbocycles. The van der Waals surface area contributed by atoms with E-state index in [9.17, 15) is 22.0 Å². The number of unbranched alkanes of at least 4 members (excludes halogenated alkanes) is 1. The van der Waals surface area contributed by atoms with Gasteiger partial charge >= 0.3 is 0 Å². The zero-order chi connectivity index (χ0) is 27.9. The lowest BCUT2D eigenvalue weighted by atomic mass is 9.87. The minimum atomic E-state index is -1.13. The third-order valence-electron chi connectivity index (χ3n) is 6.73. The van der Waals surface area contributed by atoms with E-state index in [2.05, 4.69) is 0 Å². The third kappa shape index (κ3) is 6.54. The van der Waals surface area contributed by atoms with Crippen LogP contribution in [0.4, 0.5) is 22.0 Å². The molecule has 0 aliphatic heterocycles. The predicted molar refractivity (Wildman–Crippen MR) is 140 cm³/mol. The van der Waals surface area contributed by atoms with Gasteiger partial charge in [-0.05, 0) is 86.1 Å². The van der Waals surface area contributed by atoms with Crippen molar-refractivity contribution in [1.82, 2.24) is 0 Å². The molecule has 8 heteroatoms. The SMILES string of the molecule is CCCCOc1ccc(C2=CCC(COc3ccc(-c4ccc(OCC)c(F)c4F)cc3F)CC2)c(F)c1F. The van der Waals surface area contributed by atoms with E-state index in [0.717, 1.165) is 18.9 Å². The van der Waals surface area contributed by atoms with E-state index < -0.39 is 29.1 Å². The van der Waals surface area contributed by atoms with Gasteiger partial charge in [0.2, 0.25) is 11.6 Å². The molecule has 0 radical (unpaired) electrons. The molecule has 4 rings (SSSR count). The number of hydrogen-bond acceptors (Lipinski definition) is 3. The van der Waals surface area contributed by atoms with Gasteiger partial charge in [-0.2, -0.15) is 8.78 Å². The highest BCUT2D eigenvalue weighted by atomic mass is 19.2. The standard InChI is InChI=1S/C31H31F5O3/c1-3-5-16-38-27-15-11-22(28(33)31(27)36)20-8-6-19(7-9-20)18-39-25-13-10-21(17-24(25)32)23-12-14-26(37-4-2)30(35)29(23)34/h8,10-15,17,19H,3-7,9,16,18H2,1-2H3. The van der Waals surface area contributed by atoms with Crippen molar-refractivity contribution in [3.05, 3.63) is 83.2 Å². The molecule has 1 unspecified atom stereocenters. The van der Waals surface area contributed by atoms with E-state index >= 15 is 0 Å². The lowest BCUT2D eigenvalue weighted by molar-refractivity contribution is 0.231. The number of rotatable bonds is 11. The van der Waals surface area contributed by atoms with Crippen molar-refractivity contribution in [2.45, 2.75) is 46.0 Å². The van der Waals surface area contributed by atoms with E-state index in [1.807, 2.05) is 13.0 Å². The molecule has 0 spiro atoms. The molecule has 39 heavy (non-hydrogen) atoms. The van der Waals surface area contributed by atoms with E-state index in [4.69, 9.17) is 14.2 Å². The van der Waals surface area contributed by atoms with Gasteiger partial charge < -0.3 is 14.2 Å². The molecule has 0 saturated heterocycles. The zero-order valence-corrected chi connectivity index (χ0v) is 22.0. The minimum absolute atomic E-state index is 0.00730. The first kappa shape index (κ1) is 28.5. The summed E-state index contributed by atoms with van der Waals surface area (Å²) in [5, 5.41) is 0. The number of benzene rings is 3. The fourth-order valence-electron chi connectivity index (χ4n) is 4.52. The van der Waals surface area contributed by atoms with Gasteiger partial charge in [0.1, 0.15) is 0 Å². The van der Waals surface area contributed by atoms with E-state index in [-0.39, 0.29) is 53.1 Å². The van der Waals surface area contributed by atoms with Crippen molar-refractivity contribution in [1.29, 1.82) is 0 Å². The summed E-state index contributed by atoms with van der Waals surface area (Å²) in [6.45, 7) is 4.38. The minimum Gasteiger partial charge on any atom is -0.491 e. The second-order valence-corrected chi connectivity index (χ2v) is 9.44. The van der Waals surface area contributed by atoms with Crippen LogP contribution in [0.2, 0.25) is 0 Å². The molecule has 3 aromatic carbocycles. The van der Waals surface area contributed by atoms with Crippen LogP contribution in [0.1, 0.15) is 51.5 Å². The van der Waals surface area contributed by atoms with Gasteiger partial charge in [0.15, 0.2) is 34.7 Å². The summed E-state index contributed by atoms with van der Waals surface area (Å²) in [7, 11) is 0. The average Bonchev–Trinajstić information content (AvgIpc) is 2.94. The highest BCUT2D eigenvalue weighted by molar-refractivity contribution is 5.68. The highest BCUT2D eigenvalue weighted by Crippen LogP contribution is 2.36. The van der Waals surface area contributed by atoms with Crippen molar-refractivity contribution in [2.75, 3.05) is 19.8 Å². The van der Waals surface area contributed by atoms with Gasteiger partial charge in [-0.3, -0.25) is 0 Å². The fraction of sp³-hybridized carbons (Fsp3) is 0.355. The first-order valence-corrected chi connectivity index (χ1v) is 13.2. The summed E-state index contributed by atoms with van der Waals surface area (Å²) in [5.74, 6) is -5.10. The summed E-state index contributed by atoms with van der Waals surface area (Å²) in [6.07, 6.45) is 5.23. The maximum absolute atomic E-state index is 14.8. The van der Waals surface area contributed by atoms with Gasteiger partial charge in [-0.25, -0.2) is 13.2 Å². The Morgan fingerprint density at radius 3 is 2.05 bits per heavy atom. The summed E-state index contributed by atoms with van der Waals surface area (Å²) in [5.41, 5.74) is 1.01. The van der Waals surface area contributed by atoms with Crippen LogP contribution in [0.5, 0.6) is 17.2 Å². The Bertz CT molecular complexity index is 1340. The second-order valence-electron chi connectivity index (χ2n) is 9.44. The quantitative estimate of drug-likeness (QED) is 0.178. The number of allylic oxidation sites excluding steroid dienone is 2. The number of halogens is 5. The number of hydrogen-bond donors (Lipinski definition) is 0. The molecule has 0 aromatic heterocycles. The van der Waals surface area contributed by atoms with Gasteiger partial charge in [-0.15, -0.1) is 0 Å². The van der Waals surface area contributed by atoms with Crippen molar-refractivity contribution >= 4 is 5.57 Å². The van der Waals surface area contributed by atoms with E-state index in [0.29, 0.717) is 31.4 Å². The largest absolute Gasteiger partial charge is 0.491 e. The van der Waals surface area contributed by atoms with Crippen LogP contribution in [-0.4, -0.2) is 19.8 Å². The monoisotopic (exact) mass is 546 g/mol. The molecule has 1 aliphatic carbocycles. The Balaban J connectivity index is 1.37. The summed E-state index contributed by atoms with van der Waals surface area (Å²) >= 11 is 0. The zero-order valence-electron chi connectivity index (χ0n) is 22.0. The van der Waals surface area contributed by atoms with Crippen LogP contribution < -0.4 is 14.2 Å². The molecule has 3 nitrogen and oxygen atoms in total. The first-order valence-electron chi connectivity index (χ1n) is 13.2. The van der Waals surface area contributed by atoms with Gasteiger partial charge in [-0.1, -0.05) is 25.5 Å². The Morgan fingerprint density at radius 2 is 1.41 bits per heavy atom. The van der Waals surface area contributed by atoms with Crippen LogP contribution in [0.25, 0.3) is 16.7 Å². The molecule has 1 atom stereocenters. The van der Waals surface area contributed by atoms with Crippen molar-refractivity contribution in [2.24, 2.45) is 5.92 Å². The molecule has 0 amide bonds. The normalized spacial score (nSPS) is 15.2. The first-order chi connectivity index (χ1) is 18.8. The molecule has 3 aromatic rings. The van der Waals surface area contributed by atoms with Crippen molar-refractivity contribution < 1.29 is 36.2 Å². The third-order valence-corrected chi connectivity index (χ3v) is 6.73. The molecule has 0 heterocycles. The Morgan fingerprint density at radius 1 is 0.744 bits per heavy atom. The molecule has 208 valence electrons. The summed E-state index contributed by atoms with van der Waals surface area (Å²) < 4.78 is 88.7. The van der Waals surface area contributed by atoms with Gasteiger partial charge in [0.25, 0.3) is 0 Å². The van der Waals surface area contributed by atoms with E-state index in [1.165, 1.54) is 30.3 Å². The maximum Gasteiger partial charge on any atom is 0.201 e. The molecule has 0 fully saturated rings. The van der Waals surface area contributed by atoms with Gasteiger partial charge in [0.05, 0.1) is 19.8 Å². The second kappa shape index (κ2) is 13.0. The van der Waals surface area contributed by atoms with Crippen LogP contribution in [0.15, 0.2) is 48.5 Å². The van der Waals surface area contributed by atoms with Crippen molar-refractivity contribution in [3.8, 4) is 28.4 Å². The number of ether oxygens (including phenoxy) is 3. The molecule has 1 aliphatic rings. The lowest BCUT2D eigenvalue weighted by Crippen LogP contribution is -2.15. The topological polar surface area (TPSA) is 27.7 Å². The molecular formula is C31H31F5O3. The Kier molecular flexibility index (Phi) is 9.49. The van der Waals surface area contributed by atoms with Crippen LogP contribution in [0.3, 0.4) is 0 Å². The smallest absolute Gasteiger partial charge is 0.201 e. The van der Waals surface area contributed by atoms with Crippen LogP contribution in [-0.2, 0) is 0 Å². The van der Waals surface area contributed by atoms with Gasteiger partial charge in [0, 0.05) is 11.1 Å². The highest BCUT2D eigenvalue weighted by Gasteiger charge is 2.22. The molecular weight excluding hydrogens is 515 g/mol. The van der Waals surface area contributed by atoms with E-state index in [1.54, 1.807) is 13.0 Å². The maximum atomic E-state index is 14.8. The average molecular weight is 547 g/mol. The van der Waals surface area contributed by atoms with Crippen molar-refractivity contribution in [3.63, 3.8) is 0 Å². The Labute approximate surface area is 225 Å². The van der Waals surface area contributed by atoms with Crippen LogP contribution >= 0.6 is 0 Å². The molecule has 0 N–H and O–H groups in total. The summed E-state index contributed by atoms with van der Waals surface area (Å²) in [4.78, 5) is 0. The lowest BCUT2D eigenvalue weighted by Gasteiger charge is -2.23. The summed E-state index contributed by atoms with van der Waals surface area (Å²) in [6, 6.07) is 9.58. The predicted octanol–water partition coefficient (Wildman–Crippen LogP) is 8.89. The molecule has 0 bridgehead atoms. The van der Waals surface area contributed by atoms with Crippen LogP contribution in [0, 0.1) is 35.0 Å². The Hall–Kier alpha value is -3.55.